The summed E-state index contributed by atoms with van der Waals surface area (Å²) in [5.74, 6) is -0.314. The number of sulfone groups is 1. The van der Waals surface area contributed by atoms with Crippen LogP contribution in [0.2, 0.25) is 0 Å². The van der Waals surface area contributed by atoms with Crippen molar-refractivity contribution in [3.63, 3.8) is 0 Å². The smallest absolute Gasteiger partial charge is 0.269 e. The lowest BCUT2D eigenvalue weighted by Gasteiger charge is -2.20. The van der Waals surface area contributed by atoms with Crippen LogP contribution in [0.15, 0.2) is 29.2 Å². The summed E-state index contributed by atoms with van der Waals surface area (Å²) in [4.78, 5) is 24.5. The second-order valence-electron chi connectivity index (χ2n) is 5.46. The Bertz CT molecular complexity index is 861. The van der Waals surface area contributed by atoms with Gasteiger partial charge in [-0.15, -0.1) is 0 Å². The molecule has 2 fully saturated rings. The van der Waals surface area contributed by atoms with Crippen molar-refractivity contribution in [1.29, 1.82) is 0 Å². The van der Waals surface area contributed by atoms with E-state index < -0.39 is 20.8 Å². The zero-order chi connectivity index (χ0) is 17.5. The molecule has 0 aliphatic carbocycles. The van der Waals surface area contributed by atoms with Gasteiger partial charge >= 0.3 is 0 Å². The molecule has 0 radical (unpaired) electrons. The Hall–Kier alpha value is -1.78. The maximum atomic E-state index is 12.5. The Morgan fingerprint density at radius 2 is 2.00 bits per heavy atom. The molecule has 0 bridgehead atoms. The number of hydrogen-bond acceptors (Lipinski definition) is 7. The number of nitro groups is 1. The van der Waals surface area contributed by atoms with Gasteiger partial charge in [0.2, 0.25) is 0 Å². The summed E-state index contributed by atoms with van der Waals surface area (Å²) in [6.45, 7) is 0. The summed E-state index contributed by atoms with van der Waals surface area (Å²) in [5, 5.41) is 10.7. The van der Waals surface area contributed by atoms with E-state index in [-0.39, 0.29) is 23.1 Å². The van der Waals surface area contributed by atoms with Crippen LogP contribution in [0.25, 0.3) is 6.08 Å². The average Bonchev–Trinajstić information content (AvgIpc) is 2.99. The van der Waals surface area contributed by atoms with E-state index in [1.165, 1.54) is 17.0 Å². The topological polar surface area (TPSA) is 97.6 Å². The first-order valence-corrected chi connectivity index (χ1v) is 10.0. The van der Waals surface area contributed by atoms with Crippen LogP contribution in [0.4, 0.5) is 5.69 Å². The highest BCUT2D eigenvalue weighted by Crippen LogP contribution is 2.36. The van der Waals surface area contributed by atoms with E-state index in [1.807, 2.05) is 0 Å². The molecule has 1 atom stereocenters. The third kappa shape index (κ3) is 3.35. The fourth-order valence-electron chi connectivity index (χ4n) is 2.62. The minimum atomic E-state index is -3.12. The van der Waals surface area contributed by atoms with Crippen LogP contribution < -0.4 is 0 Å². The van der Waals surface area contributed by atoms with E-state index in [0.29, 0.717) is 21.2 Å². The van der Waals surface area contributed by atoms with Gasteiger partial charge in [-0.2, -0.15) is 0 Å². The van der Waals surface area contributed by atoms with Gasteiger partial charge in [0.25, 0.3) is 11.6 Å². The number of carbonyl (C=O) groups is 1. The van der Waals surface area contributed by atoms with E-state index in [1.54, 1.807) is 18.2 Å². The number of rotatable bonds is 3. The number of carbonyl (C=O) groups excluding carboxylic acids is 1. The van der Waals surface area contributed by atoms with E-state index in [4.69, 9.17) is 12.2 Å². The van der Waals surface area contributed by atoms with E-state index >= 15 is 0 Å². The first-order valence-electron chi connectivity index (χ1n) is 6.99. The molecule has 1 aromatic rings. The van der Waals surface area contributed by atoms with Gasteiger partial charge in [-0.05, 0) is 30.2 Å². The summed E-state index contributed by atoms with van der Waals surface area (Å²) in [6.07, 6.45) is 1.99. The predicted octanol–water partition coefficient (Wildman–Crippen LogP) is 1.98. The highest BCUT2D eigenvalue weighted by Gasteiger charge is 2.42. The molecule has 0 spiro atoms. The van der Waals surface area contributed by atoms with E-state index in [9.17, 15) is 23.3 Å². The van der Waals surface area contributed by atoms with Crippen LogP contribution in [-0.2, 0) is 14.6 Å². The highest BCUT2D eigenvalue weighted by atomic mass is 32.2. The van der Waals surface area contributed by atoms with Gasteiger partial charge in [0.05, 0.1) is 27.4 Å². The normalized spacial score (nSPS) is 24.8. The van der Waals surface area contributed by atoms with Crippen molar-refractivity contribution in [2.75, 3.05) is 11.5 Å². The van der Waals surface area contributed by atoms with E-state index in [2.05, 4.69) is 0 Å². The average molecular weight is 384 g/mol. The maximum absolute atomic E-state index is 12.5. The Morgan fingerprint density at radius 3 is 2.54 bits per heavy atom. The molecular formula is C14H12N2O5S3. The number of thioether (sulfide) groups is 1. The minimum Gasteiger partial charge on any atom is -0.289 e. The van der Waals surface area contributed by atoms with Gasteiger partial charge in [-0.25, -0.2) is 8.42 Å². The maximum Gasteiger partial charge on any atom is 0.269 e. The second kappa shape index (κ2) is 6.26. The quantitative estimate of drug-likeness (QED) is 0.340. The summed E-state index contributed by atoms with van der Waals surface area (Å²) in [5.41, 5.74) is 0.607. The van der Waals surface area contributed by atoms with Crippen LogP contribution in [0.3, 0.4) is 0 Å². The second-order valence-corrected chi connectivity index (χ2v) is 9.36. The lowest BCUT2D eigenvalue weighted by molar-refractivity contribution is -0.384. The largest absolute Gasteiger partial charge is 0.289 e. The Kier molecular flexibility index (Phi) is 4.45. The number of nitro benzene ring substituents is 1. The molecule has 2 heterocycles. The molecule has 0 saturated carbocycles. The van der Waals surface area contributed by atoms with Gasteiger partial charge in [-0.3, -0.25) is 19.8 Å². The summed E-state index contributed by atoms with van der Waals surface area (Å²) >= 11 is 6.33. The summed E-state index contributed by atoms with van der Waals surface area (Å²) < 4.78 is 23.6. The van der Waals surface area contributed by atoms with Gasteiger partial charge in [0.1, 0.15) is 4.32 Å². The fraction of sp³-hybridized carbons (Fsp3) is 0.286. The molecule has 0 N–H and O–H groups in total. The molecule has 10 heteroatoms. The Labute approximate surface area is 147 Å². The predicted molar refractivity (Wildman–Crippen MR) is 95.2 cm³/mol. The number of thiocarbonyl (C=S) groups is 1. The van der Waals surface area contributed by atoms with Gasteiger partial charge in [0.15, 0.2) is 9.84 Å². The zero-order valence-corrected chi connectivity index (χ0v) is 14.7. The van der Waals surface area contributed by atoms with Crippen molar-refractivity contribution in [2.24, 2.45) is 0 Å². The van der Waals surface area contributed by atoms with Crippen LogP contribution in [-0.4, -0.2) is 46.0 Å². The first kappa shape index (κ1) is 17.1. The highest BCUT2D eigenvalue weighted by molar-refractivity contribution is 8.26. The zero-order valence-electron chi connectivity index (χ0n) is 12.2. The molecule has 0 unspecified atom stereocenters. The first-order chi connectivity index (χ1) is 11.3. The molecule has 126 valence electrons. The van der Waals surface area contributed by atoms with Crippen LogP contribution in [0.5, 0.6) is 0 Å². The Balaban J connectivity index is 1.82. The molecule has 7 nitrogen and oxygen atoms in total. The van der Waals surface area contributed by atoms with Crippen molar-refractivity contribution in [2.45, 2.75) is 12.5 Å². The van der Waals surface area contributed by atoms with Crippen molar-refractivity contribution < 1.29 is 18.1 Å². The lowest BCUT2D eigenvalue weighted by Crippen LogP contribution is -2.39. The van der Waals surface area contributed by atoms with Crippen LogP contribution >= 0.6 is 24.0 Å². The molecular weight excluding hydrogens is 372 g/mol. The third-order valence-corrected chi connectivity index (χ3v) is 6.88. The minimum absolute atomic E-state index is 0.0316. The monoisotopic (exact) mass is 384 g/mol. The van der Waals surface area contributed by atoms with Gasteiger partial charge in [-0.1, -0.05) is 24.0 Å². The molecule has 2 aliphatic rings. The molecule has 3 rings (SSSR count). The van der Waals surface area contributed by atoms with E-state index in [0.717, 1.165) is 11.8 Å². The van der Waals surface area contributed by atoms with Crippen molar-refractivity contribution in [1.82, 2.24) is 4.90 Å². The number of non-ortho nitro benzene ring substituents is 1. The Morgan fingerprint density at radius 1 is 1.33 bits per heavy atom. The summed E-state index contributed by atoms with van der Waals surface area (Å²) in [6, 6.07) is 5.40. The SMILES string of the molecule is O=C1/C(=C\c2ccc([N+](=O)[O-])cc2)SC(=S)N1[C@H]1CCS(=O)(=O)C1. The van der Waals surface area contributed by atoms with Crippen molar-refractivity contribution >= 4 is 55.8 Å². The standard InChI is InChI=1S/C14H12N2O5S3/c17-13-12(7-9-1-3-10(4-2-9)16(18)19)23-14(22)15(13)11-5-6-24(20,21)8-11/h1-4,7,11H,5-6,8H2/b12-7+/t11-/m0/s1. The van der Waals surface area contributed by atoms with Gasteiger partial charge in [0, 0.05) is 12.1 Å². The third-order valence-electron chi connectivity index (χ3n) is 3.80. The number of hydrogen-bond donors (Lipinski definition) is 0. The molecule has 0 aromatic heterocycles. The molecule has 1 amide bonds. The molecule has 2 saturated heterocycles. The van der Waals surface area contributed by atoms with Crippen LogP contribution in [0, 0.1) is 10.1 Å². The number of amides is 1. The molecule has 24 heavy (non-hydrogen) atoms. The number of benzene rings is 1. The number of nitrogens with zero attached hydrogens (tertiary/aromatic N) is 2. The summed E-state index contributed by atoms with van der Waals surface area (Å²) in [7, 11) is -3.12. The molecule has 2 aliphatic heterocycles. The fourth-order valence-corrected chi connectivity index (χ4v) is 5.72. The lowest BCUT2D eigenvalue weighted by atomic mass is 10.2. The molecule has 1 aromatic carbocycles. The van der Waals surface area contributed by atoms with Crippen molar-refractivity contribution in [3.05, 3.63) is 44.8 Å². The van der Waals surface area contributed by atoms with Crippen LogP contribution in [0.1, 0.15) is 12.0 Å². The van der Waals surface area contributed by atoms with Crippen molar-refractivity contribution in [3.8, 4) is 0 Å². The van der Waals surface area contributed by atoms with Gasteiger partial charge < -0.3 is 0 Å².